The standard InChI is InChI=1S/C24H32F4N4O3/c1-23(2,3)17-5-4-16(11-18(17)25)30-22(35)20(31-21(34)15-10-19(33)29-12-15)14-6-8-32(9-7-14)13-24(26,27)28/h4-5,11,14-15,20H,6-10,12-13H2,1-3H3,(H,29,33)(H,30,35)(H,31,34)/t15-,20?/m1/s1. The number of rotatable bonds is 6. The van der Waals surface area contributed by atoms with Gasteiger partial charge in [-0.2, -0.15) is 13.2 Å². The van der Waals surface area contributed by atoms with Crippen LogP contribution in [0.3, 0.4) is 0 Å². The monoisotopic (exact) mass is 500 g/mol. The summed E-state index contributed by atoms with van der Waals surface area (Å²) in [5, 5.41) is 7.92. The summed E-state index contributed by atoms with van der Waals surface area (Å²) in [7, 11) is 0. The molecule has 3 amide bonds. The van der Waals surface area contributed by atoms with Crippen molar-refractivity contribution >= 4 is 23.4 Å². The van der Waals surface area contributed by atoms with Crippen LogP contribution in [0, 0.1) is 17.7 Å². The number of amides is 3. The van der Waals surface area contributed by atoms with E-state index >= 15 is 0 Å². The van der Waals surface area contributed by atoms with Crippen LogP contribution in [0.1, 0.15) is 45.6 Å². The minimum Gasteiger partial charge on any atom is -0.355 e. The molecule has 0 radical (unpaired) electrons. The van der Waals surface area contributed by atoms with E-state index in [1.165, 1.54) is 11.0 Å². The van der Waals surface area contributed by atoms with Crippen LogP contribution in [0.4, 0.5) is 23.2 Å². The molecule has 2 fully saturated rings. The molecular formula is C24H32F4N4O3. The molecule has 7 nitrogen and oxygen atoms in total. The van der Waals surface area contributed by atoms with Crippen molar-refractivity contribution in [3.63, 3.8) is 0 Å². The molecule has 0 bridgehead atoms. The highest BCUT2D eigenvalue weighted by atomic mass is 19.4. The lowest BCUT2D eigenvalue weighted by Gasteiger charge is -2.36. The Morgan fingerprint density at radius 3 is 2.34 bits per heavy atom. The summed E-state index contributed by atoms with van der Waals surface area (Å²) in [5.41, 5.74) is 0.267. The maximum Gasteiger partial charge on any atom is 0.401 e. The van der Waals surface area contributed by atoms with Gasteiger partial charge in [0.15, 0.2) is 0 Å². The highest BCUT2D eigenvalue weighted by molar-refractivity contribution is 5.98. The maximum atomic E-state index is 14.6. The fourth-order valence-electron chi connectivity index (χ4n) is 4.58. The molecule has 0 saturated carbocycles. The third-order valence-electron chi connectivity index (χ3n) is 6.48. The van der Waals surface area contributed by atoms with Crippen LogP contribution in [0.25, 0.3) is 0 Å². The summed E-state index contributed by atoms with van der Waals surface area (Å²) < 4.78 is 52.9. The van der Waals surface area contributed by atoms with Crippen LogP contribution in [-0.2, 0) is 19.8 Å². The summed E-state index contributed by atoms with van der Waals surface area (Å²) in [4.78, 5) is 38.7. The van der Waals surface area contributed by atoms with E-state index in [1.807, 2.05) is 20.8 Å². The van der Waals surface area contributed by atoms with Crippen molar-refractivity contribution in [3.05, 3.63) is 29.6 Å². The smallest absolute Gasteiger partial charge is 0.355 e. The van der Waals surface area contributed by atoms with Gasteiger partial charge in [0.1, 0.15) is 11.9 Å². The number of likely N-dealkylation sites (tertiary alicyclic amines) is 1. The first-order valence-electron chi connectivity index (χ1n) is 11.7. The van der Waals surface area contributed by atoms with Gasteiger partial charge in [-0.25, -0.2) is 4.39 Å². The number of nitrogens with zero attached hydrogens (tertiary/aromatic N) is 1. The van der Waals surface area contributed by atoms with Gasteiger partial charge in [0.2, 0.25) is 17.7 Å². The molecule has 2 saturated heterocycles. The van der Waals surface area contributed by atoms with Crippen molar-refractivity contribution in [2.45, 2.75) is 57.7 Å². The fourth-order valence-corrected chi connectivity index (χ4v) is 4.58. The zero-order valence-corrected chi connectivity index (χ0v) is 20.1. The topological polar surface area (TPSA) is 90.5 Å². The van der Waals surface area contributed by atoms with E-state index in [4.69, 9.17) is 0 Å². The fraction of sp³-hybridized carbons (Fsp3) is 0.625. The Balaban J connectivity index is 1.73. The molecule has 0 spiro atoms. The summed E-state index contributed by atoms with van der Waals surface area (Å²) in [6.07, 6.45) is -3.77. The number of nitrogens with one attached hydrogen (secondary N) is 3. The quantitative estimate of drug-likeness (QED) is 0.524. The molecule has 2 aliphatic heterocycles. The molecule has 2 heterocycles. The van der Waals surface area contributed by atoms with Gasteiger partial charge in [0.25, 0.3) is 0 Å². The minimum absolute atomic E-state index is 0.00365. The average molecular weight is 501 g/mol. The molecule has 35 heavy (non-hydrogen) atoms. The largest absolute Gasteiger partial charge is 0.401 e. The number of hydrogen-bond donors (Lipinski definition) is 3. The normalized spacial score (nSPS) is 20.9. The van der Waals surface area contributed by atoms with Gasteiger partial charge in [0, 0.05) is 18.7 Å². The Kier molecular flexibility index (Phi) is 8.08. The van der Waals surface area contributed by atoms with Crippen LogP contribution < -0.4 is 16.0 Å². The van der Waals surface area contributed by atoms with Gasteiger partial charge >= 0.3 is 6.18 Å². The van der Waals surface area contributed by atoms with E-state index < -0.39 is 53.6 Å². The van der Waals surface area contributed by atoms with E-state index in [0.717, 1.165) is 0 Å². The first-order valence-corrected chi connectivity index (χ1v) is 11.7. The lowest BCUT2D eigenvalue weighted by Crippen LogP contribution is -2.53. The SMILES string of the molecule is CC(C)(C)c1ccc(NC(=O)C(NC(=O)[C@H]2CNC(=O)C2)C2CCN(CC(F)(F)F)CC2)cc1F. The van der Waals surface area contributed by atoms with Gasteiger partial charge < -0.3 is 16.0 Å². The van der Waals surface area contributed by atoms with Crippen molar-refractivity contribution in [2.24, 2.45) is 11.8 Å². The van der Waals surface area contributed by atoms with Gasteiger partial charge in [0.05, 0.1) is 12.5 Å². The first-order chi connectivity index (χ1) is 16.2. The number of benzene rings is 1. The first kappa shape index (κ1) is 26.9. The number of anilines is 1. The second-order valence-electron chi connectivity index (χ2n) is 10.4. The molecule has 1 aromatic carbocycles. The van der Waals surface area contributed by atoms with Gasteiger partial charge in [-0.05, 0) is 55.0 Å². The van der Waals surface area contributed by atoms with E-state index in [1.54, 1.807) is 12.1 Å². The molecule has 2 atom stereocenters. The second-order valence-corrected chi connectivity index (χ2v) is 10.4. The third-order valence-corrected chi connectivity index (χ3v) is 6.48. The predicted molar refractivity (Wildman–Crippen MR) is 122 cm³/mol. The van der Waals surface area contributed by atoms with Crippen molar-refractivity contribution < 1.29 is 31.9 Å². The number of halogens is 4. The summed E-state index contributed by atoms with van der Waals surface area (Å²) in [5.74, 6) is -2.84. The van der Waals surface area contributed by atoms with Crippen LogP contribution in [0.15, 0.2) is 18.2 Å². The number of piperidine rings is 1. The predicted octanol–water partition coefficient (Wildman–Crippen LogP) is 2.96. The van der Waals surface area contributed by atoms with Gasteiger partial charge in [-0.15, -0.1) is 0 Å². The molecule has 0 aromatic heterocycles. The van der Waals surface area contributed by atoms with Crippen LogP contribution in [0.5, 0.6) is 0 Å². The summed E-state index contributed by atoms with van der Waals surface area (Å²) >= 11 is 0. The maximum absolute atomic E-state index is 14.6. The summed E-state index contributed by atoms with van der Waals surface area (Å²) in [6.45, 7) is 4.97. The molecule has 2 aliphatic rings. The lowest BCUT2D eigenvalue weighted by molar-refractivity contribution is -0.149. The number of carbonyl (C=O) groups excluding carboxylic acids is 3. The van der Waals surface area contributed by atoms with Crippen LogP contribution in [0.2, 0.25) is 0 Å². The molecule has 194 valence electrons. The second kappa shape index (κ2) is 10.5. The van der Waals surface area contributed by atoms with Crippen molar-refractivity contribution in [1.82, 2.24) is 15.5 Å². The Morgan fingerprint density at radius 2 is 1.83 bits per heavy atom. The van der Waals surface area contributed by atoms with E-state index in [0.29, 0.717) is 5.56 Å². The molecule has 0 aliphatic carbocycles. The molecular weight excluding hydrogens is 468 g/mol. The Labute approximate surface area is 202 Å². The van der Waals surface area contributed by atoms with Crippen molar-refractivity contribution in [1.29, 1.82) is 0 Å². The minimum atomic E-state index is -4.32. The Morgan fingerprint density at radius 1 is 1.17 bits per heavy atom. The van der Waals surface area contributed by atoms with E-state index in [9.17, 15) is 31.9 Å². The summed E-state index contributed by atoms with van der Waals surface area (Å²) in [6, 6.07) is 3.34. The number of carbonyl (C=O) groups is 3. The van der Waals surface area contributed by atoms with Crippen molar-refractivity contribution in [3.8, 4) is 0 Å². The number of alkyl halides is 3. The third kappa shape index (κ3) is 7.39. The molecule has 3 rings (SSSR count). The van der Waals surface area contributed by atoms with Crippen LogP contribution >= 0.6 is 0 Å². The van der Waals surface area contributed by atoms with Crippen molar-refractivity contribution in [2.75, 3.05) is 31.5 Å². The Hall–Kier alpha value is -2.69. The average Bonchev–Trinajstić information content (AvgIpc) is 3.17. The highest BCUT2D eigenvalue weighted by Gasteiger charge is 2.38. The highest BCUT2D eigenvalue weighted by Crippen LogP contribution is 2.28. The van der Waals surface area contributed by atoms with Crippen LogP contribution in [-0.4, -0.2) is 61.0 Å². The molecule has 1 unspecified atom stereocenters. The molecule has 3 N–H and O–H groups in total. The number of hydrogen-bond acceptors (Lipinski definition) is 4. The lowest BCUT2D eigenvalue weighted by atomic mass is 9.86. The van der Waals surface area contributed by atoms with E-state index in [-0.39, 0.29) is 50.5 Å². The van der Waals surface area contributed by atoms with Gasteiger partial charge in [-0.1, -0.05) is 26.8 Å². The zero-order valence-electron chi connectivity index (χ0n) is 20.1. The Bertz CT molecular complexity index is 953. The molecule has 11 heteroatoms. The van der Waals surface area contributed by atoms with Gasteiger partial charge in [-0.3, -0.25) is 19.3 Å². The zero-order chi connectivity index (χ0) is 26.0. The van der Waals surface area contributed by atoms with E-state index in [2.05, 4.69) is 16.0 Å². The molecule has 1 aromatic rings.